The van der Waals surface area contributed by atoms with Gasteiger partial charge in [-0.2, -0.15) is 0 Å². The molecule has 4 rings (SSSR count). The number of nitrogens with one attached hydrogen (secondary N) is 1. The predicted octanol–water partition coefficient (Wildman–Crippen LogP) is 3.79. The van der Waals surface area contributed by atoms with E-state index in [0.717, 1.165) is 33.5 Å². The standard InChI is InChI=1S/C17H15ClN4O2/c1-22-13(11-6-9-10(18)4-5-19-16(9)20-11)7-12-14(22)8-15(23-2)17(21-12)24-3/h4-8H,1-3H3,(H,19,20). The van der Waals surface area contributed by atoms with Crippen LogP contribution in [0.3, 0.4) is 0 Å². The van der Waals surface area contributed by atoms with E-state index in [2.05, 4.69) is 15.0 Å². The summed E-state index contributed by atoms with van der Waals surface area (Å²) in [5, 5.41) is 1.56. The molecule has 0 spiro atoms. The van der Waals surface area contributed by atoms with E-state index in [9.17, 15) is 0 Å². The molecule has 4 heterocycles. The highest BCUT2D eigenvalue weighted by Gasteiger charge is 2.16. The van der Waals surface area contributed by atoms with Gasteiger partial charge in [0, 0.05) is 24.7 Å². The lowest BCUT2D eigenvalue weighted by Crippen LogP contribution is -1.95. The summed E-state index contributed by atoms with van der Waals surface area (Å²) >= 11 is 6.24. The Morgan fingerprint density at radius 2 is 2.00 bits per heavy atom. The highest BCUT2D eigenvalue weighted by Crippen LogP contribution is 2.34. The summed E-state index contributed by atoms with van der Waals surface area (Å²) in [5.41, 5.74) is 4.42. The van der Waals surface area contributed by atoms with Crippen molar-refractivity contribution in [2.24, 2.45) is 7.05 Å². The number of halogens is 1. The van der Waals surface area contributed by atoms with E-state index in [1.54, 1.807) is 26.5 Å². The first-order valence-electron chi connectivity index (χ1n) is 7.34. The first-order valence-corrected chi connectivity index (χ1v) is 7.72. The quantitative estimate of drug-likeness (QED) is 0.615. The van der Waals surface area contributed by atoms with E-state index in [1.807, 2.05) is 29.8 Å². The zero-order chi connectivity index (χ0) is 16.8. The molecule has 0 aliphatic carbocycles. The number of hydrogen-bond donors (Lipinski definition) is 1. The van der Waals surface area contributed by atoms with Gasteiger partial charge in [0.2, 0.25) is 0 Å². The smallest absolute Gasteiger partial charge is 0.257 e. The first-order chi connectivity index (χ1) is 11.6. The van der Waals surface area contributed by atoms with Crippen molar-refractivity contribution in [3.05, 3.63) is 35.5 Å². The maximum atomic E-state index is 6.24. The molecule has 0 aromatic carbocycles. The Morgan fingerprint density at radius 3 is 2.71 bits per heavy atom. The molecule has 0 unspecified atom stereocenters. The fourth-order valence-corrected chi connectivity index (χ4v) is 3.10. The minimum absolute atomic E-state index is 0.462. The summed E-state index contributed by atoms with van der Waals surface area (Å²) in [6, 6.07) is 7.68. The maximum absolute atomic E-state index is 6.24. The summed E-state index contributed by atoms with van der Waals surface area (Å²) in [5.74, 6) is 1.06. The van der Waals surface area contributed by atoms with Gasteiger partial charge in [-0.1, -0.05) is 11.6 Å². The van der Waals surface area contributed by atoms with Crippen LogP contribution in [0.15, 0.2) is 30.5 Å². The average Bonchev–Trinajstić information content (AvgIpc) is 3.16. The zero-order valence-corrected chi connectivity index (χ0v) is 14.2. The number of methoxy groups -OCH3 is 2. The van der Waals surface area contributed by atoms with Gasteiger partial charge in [-0.05, 0) is 18.2 Å². The van der Waals surface area contributed by atoms with Crippen molar-refractivity contribution in [1.29, 1.82) is 0 Å². The van der Waals surface area contributed by atoms with Crippen molar-refractivity contribution < 1.29 is 9.47 Å². The normalized spacial score (nSPS) is 11.3. The molecule has 0 fully saturated rings. The molecule has 0 amide bonds. The van der Waals surface area contributed by atoms with Gasteiger partial charge in [0.1, 0.15) is 5.65 Å². The van der Waals surface area contributed by atoms with E-state index in [4.69, 9.17) is 21.1 Å². The molecule has 0 aliphatic rings. The van der Waals surface area contributed by atoms with Gasteiger partial charge in [-0.15, -0.1) is 0 Å². The first kappa shape index (κ1) is 14.8. The molecule has 0 atom stereocenters. The molecular weight excluding hydrogens is 328 g/mol. The van der Waals surface area contributed by atoms with Crippen LogP contribution in [0.2, 0.25) is 5.02 Å². The second-order valence-electron chi connectivity index (χ2n) is 5.43. The van der Waals surface area contributed by atoms with Crippen LogP contribution < -0.4 is 9.47 Å². The Labute approximate surface area is 143 Å². The molecule has 0 saturated heterocycles. The van der Waals surface area contributed by atoms with E-state index >= 15 is 0 Å². The molecule has 0 saturated carbocycles. The minimum atomic E-state index is 0.462. The molecule has 4 aromatic heterocycles. The summed E-state index contributed by atoms with van der Waals surface area (Å²) in [6.07, 6.45) is 1.68. The topological polar surface area (TPSA) is 65.0 Å². The van der Waals surface area contributed by atoms with Crippen molar-refractivity contribution in [2.45, 2.75) is 0 Å². The van der Waals surface area contributed by atoms with E-state index in [-0.39, 0.29) is 0 Å². The van der Waals surface area contributed by atoms with Crippen molar-refractivity contribution >= 4 is 33.7 Å². The third-order valence-electron chi connectivity index (χ3n) is 4.13. The van der Waals surface area contributed by atoms with Crippen molar-refractivity contribution in [1.82, 2.24) is 19.5 Å². The summed E-state index contributed by atoms with van der Waals surface area (Å²) in [6.45, 7) is 0. The maximum Gasteiger partial charge on any atom is 0.257 e. The second-order valence-corrected chi connectivity index (χ2v) is 5.84. The monoisotopic (exact) mass is 342 g/mol. The molecule has 4 aromatic rings. The number of hydrogen-bond acceptors (Lipinski definition) is 4. The van der Waals surface area contributed by atoms with Gasteiger partial charge >= 0.3 is 0 Å². The number of aryl methyl sites for hydroxylation is 1. The van der Waals surface area contributed by atoms with Crippen LogP contribution in [-0.4, -0.2) is 33.7 Å². The Bertz CT molecular complexity index is 1070. The Kier molecular flexibility index (Phi) is 3.35. The summed E-state index contributed by atoms with van der Waals surface area (Å²) in [7, 11) is 5.15. The molecule has 7 heteroatoms. The average molecular weight is 343 g/mol. The Morgan fingerprint density at radius 1 is 1.17 bits per heavy atom. The van der Waals surface area contributed by atoms with E-state index in [1.165, 1.54) is 0 Å². The third-order valence-corrected chi connectivity index (χ3v) is 4.46. The largest absolute Gasteiger partial charge is 0.491 e. The van der Waals surface area contributed by atoms with E-state index in [0.29, 0.717) is 16.7 Å². The minimum Gasteiger partial charge on any atom is -0.491 e. The lowest BCUT2D eigenvalue weighted by Gasteiger charge is -2.07. The molecule has 0 bridgehead atoms. The number of ether oxygens (including phenoxy) is 2. The third kappa shape index (κ3) is 2.11. The van der Waals surface area contributed by atoms with Crippen LogP contribution >= 0.6 is 11.6 Å². The SMILES string of the molecule is COc1cc2c(cc(-c3cc4c(Cl)ccnc4[nH]3)n2C)nc1OC. The van der Waals surface area contributed by atoms with Crippen molar-refractivity contribution in [3.63, 3.8) is 0 Å². The molecule has 0 aliphatic heterocycles. The van der Waals surface area contributed by atoms with Crippen LogP contribution in [-0.2, 0) is 7.05 Å². The van der Waals surface area contributed by atoms with Gasteiger partial charge in [0.05, 0.1) is 41.7 Å². The highest BCUT2D eigenvalue weighted by atomic mass is 35.5. The molecule has 0 radical (unpaired) electrons. The molecular formula is C17H15ClN4O2. The highest BCUT2D eigenvalue weighted by molar-refractivity contribution is 6.35. The van der Waals surface area contributed by atoms with Crippen LogP contribution in [0.1, 0.15) is 0 Å². The summed E-state index contributed by atoms with van der Waals surface area (Å²) < 4.78 is 12.7. The van der Waals surface area contributed by atoms with Crippen LogP contribution in [0.5, 0.6) is 11.6 Å². The second kappa shape index (κ2) is 5.42. The number of aromatic amines is 1. The number of pyridine rings is 2. The van der Waals surface area contributed by atoms with Crippen LogP contribution in [0, 0.1) is 0 Å². The van der Waals surface area contributed by atoms with Gasteiger partial charge in [0.15, 0.2) is 5.75 Å². The number of aromatic nitrogens is 4. The zero-order valence-electron chi connectivity index (χ0n) is 13.4. The fourth-order valence-electron chi connectivity index (χ4n) is 2.90. The molecule has 122 valence electrons. The van der Waals surface area contributed by atoms with Gasteiger partial charge < -0.3 is 19.0 Å². The van der Waals surface area contributed by atoms with Crippen molar-refractivity contribution in [2.75, 3.05) is 14.2 Å². The van der Waals surface area contributed by atoms with Crippen LogP contribution in [0.25, 0.3) is 33.5 Å². The Hall–Kier alpha value is -2.73. The van der Waals surface area contributed by atoms with Crippen LogP contribution in [0.4, 0.5) is 0 Å². The van der Waals surface area contributed by atoms with Gasteiger partial charge in [-0.3, -0.25) is 0 Å². The predicted molar refractivity (Wildman–Crippen MR) is 93.9 cm³/mol. The lowest BCUT2D eigenvalue weighted by molar-refractivity contribution is 0.344. The number of H-pyrrole nitrogens is 1. The van der Waals surface area contributed by atoms with Gasteiger partial charge in [0.25, 0.3) is 5.88 Å². The van der Waals surface area contributed by atoms with Crippen molar-refractivity contribution in [3.8, 4) is 23.0 Å². The van der Waals surface area contributed by atoms with Gasteiger partial charge in [-0.25, -0.2) is 9.97 Å². The fraction of sp³-hybridized carbons (Fsp3) is 0.176. The molecule has 6 nitrogen and oxygen atoms in total. The molecule has 1 N–H and O–H groups in total. The number of nitrogens with zero attached hydrogens (tertiary/aromatic N) is 3. The summed E-state index contributed by atoms with van der Waals surface area (Å²) in [4.78, 5) is 12.1. The Balaban J connectivity index is 1.95. The number of fused-ring (bicyclic) bond motifs is 2. The number of rotatable bonds is 3. The lowest BCUT2D eigenvalue weighted by atomic mass is 10.2. The molecule has 24 heavy (non-hydrogen) atoms. The van der Waals surface area contributed by atoms with E-state index < -0.39 is 0 Å².